The molecule has 0 amide bonds. The number of anilines is 1. The van der Waals surface area contributed by atoms with Gasteiger partial charge in [-0.05, 0) is 18.2 Å². The fourth-order valence-corrected chi connectivity index (χ4v) is 0.760. The molecule has 0 radical (unpaired) electrons. The Morgan fingerprint density at radius 1 is 1.50 bits per heavy atom. The molecule has 0 saturated carbocycles. The van der Waals surface area contributed by atoms with Crippen LogP contribution in [0.2, 0.25) is 0 Å². The van der Waals surface area contributed by atoms with Gasteiger partial charge in [-0.15, -0.1) is 0 Å². The molecule has 0 aliphatic heterocycles. The fraction of sp³-hybridized carbons (Fsp3) is 0.111. The van der Waals surface area contributed by atoms with Crippen LogP contribution in [0.15, 0.2) is 24.4 Å². The van der Waals surface area contributed by atoms with Crippen molar-refractivity contribution in [1.82, 2.24) is 4.98 Å². The van der Waals surface area contributed by atoms with Gasteiger partial charge < -0.3 is 10.5 Å². The van der Waals surface area contributed by atoms with E-state index in [0.29, 0.717) is 12.1 Å². The van der Waals surface area contributed by atoms with Crippen LogP contribution in [0.3, 0.4) is 0 Å². The zero-order valence-corrected chi connectivity index (χ0v) is 6.60. The highest BCUT2D eigenvalue weighted by atomic mass is 16.1. The van der Waals surface area contributed by atoms with Crippen LogP contribution in [0, 0.1) is 0 Å². The molecule has 1 rings (SSSR count). The van der Waals surface area contributed by atoms with Crippen LogP contribution >= 0.6 is 0 Å². The number of hydrogen-bond acceptors (Lipinski definition) is 3. The first-order valence-electron chi connectivity index (χ1n) is 3.64. The van der Waals surface area contributed by atoms with Crippen LogP contribution in [-0.4, -0.2) is 11.3 Å². The standard InChI is InChI=1S/C9H10N2O/c10-8-4-5-9(11-7-8)3-1-2-6-12/h1,3-7H,2,10H2. The van der Waals surface area contributed by atoms with Gasteiger partial charge in [-0.25, -0.2) is 0 Å². The van der Waals surface area contributed by atoms with Crippen molar-refractivity contribution in [3.63, 3.8) is 0 Å². The number of aldehydes is 1. The van der Waals surface area contributed by atoms with Gasteiger partial charge in [0.1, 0.15) is 6.29 Å². The van der Waals surface area contributed by atoms with Crippen molar-refractivity contribution >= 4 is 18.0 Å². The summed E-state index contributed by atoms with van der Waals surface area (Å²) in [5, 5.41) is 0. The Morgan fingerprint density at radius 2 is 2.33 bits per heavy atom. The maximum Gasteiger partial charge on any atom is 0.123 e. The normalized spacial score (nSPS) is 10.3. The second-order valence-corrected chi connectivity index (χ2v) is 2.32. The molecule has 62 valence electrons. The summed E-state index contributed by atoms with van der Waals surface area (Å²) in [7, 11) is 0. The molecule has 0 fully saturated rings. The summed E-state index contributed by atoms with van der Waals surface area (Å²) in [5.74, 6) is 0. The van der Waals surface area contributed by atoms with Gasteiger partial charge in [-0.2, -0.15) is 0 Å². The molecule has 3 heteroatoms. The Morgan fingerprint density at radius 3 is 2.92 bits per heavy atom. The van der Waals surface area contributed by atoms with Crippen molar-refractivity contribution in [2.24, 2.45) is 0 Å². The summed E-state index contributed by atoms with van der Waals surface area (Å²) in [6, 6.07) is 3.57. The summed E-state index contributed by atoms with van der Waals surface area (Å²) in [6.45, 7) is 0. The minimum atomic E-state index is 0.423. The van der Waals surface area contributed by atoms with Crippen LogP contribution in [0.25, 0.3) is 6.08 Å². The van der Waals surface area contributed by atoms with Gasteiger partial charge in [-0.1, -0.05) is 6.08 Å². The third-order valence-corrected chi connectivity index (χ3v) is 1.33. The number of nitrogens with two attached hydrogens (primary N) is 1. The zero-order chi connectivity index (χ0) is 8.81. The van der Waals surface area contributed by atoms with E-state index in [1.54, 1.807) is 30.5 Å². The highest BCUT2D eigenvalue weighted by Crippen LogP contribution is 2.02. The Labute approximate surface area is 70.9 Å². The Hall–Kier alpha value is -1.64. The second-order valence-electron chi connectivity index (χ2n) is 2.32. The van der Waals surface area contributed by atoms with Crippen molar-refractivity contribution in [2.75, 3.05) is 5.73 Å². The van der Waals surface area contributed by atoms with E-state index in [1.807, 2.05) is 0 Å². The lowest BCUT2D eigenvalue weighted by molar-refractivity contribution is -0.107. The molecule has 0 unspecified atom stereocenters. The smallest absolute Gasteiger partial charge is 0.123 e. The average molecular weight is 162 g/mol. The van der Waals surface area contributed by atoms with Gasteiger partial charge in [0.05, 0.1) is 17.6 Å². The van der Waals surface area contributed by atoms with Crippen LogP contribution in [0.5, 0.6) is 0 Å². The first kappa shape index (κ1) is 8.46. The van der Waals surface area contributed by atoms with E-state index in [9.17, 15) is 4.79 Å². The molecule has 0 atom stereocenters. The molecule has 0 aliphatic carbocycles. The highest BCUT2D eigenvalue weighted by molar-refractivity contribution is 5.57. The second kappa shape index (κ2) is 4.28. The van der Waals surface area contributed by atoms with E-state index in [1.165, 1.54) is 0 Å². The predicted octanol–water partition coefficient (Wildman–Crippen LogP) is 1.27. The fourth-order valence-electron chi connectivity index (χ4n) is 0.760. The minimum absolute atomic E-state index is 0.423. The SMILES string of the molecule is Nc1ccc(C=CCC=O)nc1. The Bertz CT molecular complexity index is 277. The van der Waals surface area contributed by atoms with Crippen LogP contribution in [0.4, 0.5) is 5.69 Å². The topological polar surface area (TPSA) is 56.0 Å². The van der Waals surface area contributed by atoms with Crippen LogP contribution < -0.4 is 5.73 Å². The summed E-state index contributed by atoms with van der Waals surface area (Å²) in [5.41, 5.74) is 6.89. The molecule has 0 aromatic carbocycles. The molecule has 2 N–H and O–H groups in total. The van der Waals surface area contributed by atoms with Gasteiger partial charge in [0.25, 0.3) is 0 Å². The molecule has 3 nitrogen and oxygen atoms in total. The maximum absolute atomic E-state index is 9.96. The van der Waals surface area contributed by atoms with Gasteiger partial charge in [0.2, 0.25) is 0 Å². The number of carbonyl (C=O) groups is 1. The summed E-state index contributed by atoms with van der Waals surface area (Å²) in [6.07, 6.45) is 6.39. The van der Waals surface area contributed by atoms with Gasteiger partial charge in [0, 0.05) is 6.42 Å². The van der Waals surface area contributed by atoms with Gasteiger partial charge in [0.15, 0.2) is 0 Å². The molecule has 12 heavy (non-hydrogen) atoms. The van der Waals surface area contributed by atoms with Crippen molar-refractivity contribution in [1.29, 1.82) is 0 Å². The number of pyridine rings is 1. The molecule has 0 bridgehead atoms. The minimum Gasteiger partial charge on any atom is -0.397 e. The highest BCUT2D eigenvalue weighted by Gasteiger charge is 1.86. The van der Waals surface area contributed by atoms with E-state index in [2.05, 4.69) is 4.98 Å². The molecular formula is C9H10N2O. The van der Waals surface area contributed by atoms with E-state index in [-0.39, 0.29) is 0 Å². The largest absolute Gasteiger partial charge is 0.397 e. The van der Waals surface area contributed by atoms with Gasteiger partial charge >= 0.3 is 0 Å². The Kier molecular flexibility index (Phi) is 3.02. The third-order valence-electron chi connectivity index (χ3n) is 1.33. The number of rotatable bonds is 3. The lowest BCUT2D eigenvalue weighted by Crippen LogP contribution is -1.86. The molecule has 1 aromatic heterocycles. The zero-order valence-electron chi connectivity index (χ0n) is 6.60. The van der Waals surface area contributed by atoms with Crippen molar-refractivity contribution in [3.05, 3.63) is 30.1 Å². The van der Waals surface area contributed by atoms with Gasteiger partial charge in [-0.3, -0.25) is 4.98 Å². The van der Waals surface area contributed by atoms with E-state index in [4.69, 9.17) is 5.73 Å². The molecule has 0 spiro atoms. The van der Waals surface area contributed by atoms with Crippen molar-refractivity contribution in [2.45, 2.75) is 6.42 Å². The molecule has 0 aliphatic rings. The van der Waals surface area contributed by atoms with Crippen molar-refractivity contribution in [3.8, 4) is 0 Å². The summed E-state index contributed by atoms with van der Waals surface area (Å²) < 4.78 is 0. The van der Waals surface area contributed by atoms with E-state index in [0.717, 1.165) is 12.0 Å². The van der Waals surface area contributed by atoms with E-state index < -0.39 is 0 Å². The molecule has 1 aromatic rings. The number of aromatic nitrogens is 1. The maximum atomic E-state index is 9.96. The average Bonchev–Trinajstić information content (AvgIpc) is 2.09. The summed E-state index contributed by atoms with van der Waals surface area (Å²) >= 11 is 0. The quantitative estimate of drug-likeness (QED) is 0.681. The summed E-state index contributed by atoms with van der Waals surface area (Å²) in [4.78, 5) is 14.0. The first-order valence-corrected chi connectivity index (χ1v) is 3.64. The molecule has 0 saturated heterocycles. The lowest BCUT2D eigenvalue weighted by Gasteiger charge is -1.92. The molecular weight excluding hydrogens is 152 g/mol. The number of nitrogen functional groups attached to an aromatic ring is 1. The predicted molar refractivity (Wildman–Crippen MR) is 48.4 cm³/mol. The van der Waals surface area contributed by atoms with Crippen LogP contribution in [-0.2, 0) is 4.79 Å². The number of allylic oxidation sites excluding steroid dienone is 1. The van der Waals surface area contributed by atoms with E-state index >= 15 is 0 Å². The number of carbonyl (C=O) groups excluding carboxylic acids is 1. The van der Waals surface area contributed by atoms with Crippen molar-refractivity contribution < 1.29 is 4.79 Å². The number of nitrogens with zero attached hydrogens (tertiary/aromatic N) is 1. The lowest BCUT2D eigenvalue weighted by atomic mass is 10.3. The monoisotopic (exact) mass is 162 g/mol. The van der Waals surface area contributed by atoms with Crippen LogP contribution in [0.1, 0.15) is 12.1 Å². The first-order chi connectivity index (χ1) is 5.83. The third kappa shape index (κ3) is 2.54. The number of hydrogen-bond donors (Lipinski definition) is 1. The molecule has 1 heterocycles. The Balaban J connectivity index is 2.64.